The molecule has 1 aromatic carbocycles. The van der Waals surface area contributed by atoms with Crippen LogP contribution >= 0.6 is 0 Å². The van der Waals surface area contributed by atoms with E-state index in [1.807, 2.05) is 0 Å². The summed E-state index contributed by atoms with van der Waals surface area (Å²) in [6.07, 6.45) is 1.41. The Morgan fingerprint density at radius 1 is 1.35 bits per heavy atom. The van der Waals surface area contributed by atoms with Gasteiger partial charge in [-0.1, -0.05) is 23.4 Å². The molecule has 8 heteroatoms. The molecule has 0 N–H and O–H groups in total. The third kappa shape index (κ3) is 3.77. The summed E-state index contributed by atoms with van der Waals surface area (Å²) in [7, 11) is -3.47. The van der Waals surface area contributed by atoms with Gasteiger partial charge in [0, 0.05) is 13.1 Å². The smallest absolute Gasteiger partial charge is 0.252 e. The first-order chi connectivity index (χ1) is 11.1. The molecule has 0 spiro atoms. The molecule has 0 aliphatic carbocycles. The highest BCUT2D eigenvalue weighted by atomic mass is 32.2. The maximum absolute atomic E-state index is 12.6. The lowest BCUT2D eigenvalue weighted by Gasteiger charge is -2.31. The predicted octanol–water partition coefficient (Wildman–Crippen LogP) is 1.75. The second kappa shape index (κ2) is 6.77. The van der Waals surface area contributed by atoms with E-state index in [9.17, 15) is 8.42 Å². The van der Waals surface area contributed by atoms with Crippen LogP contribution in [0.3, 0.4) is 0 Å². The fraction of sp³-hybridized carbons (Fsp3) is 0.467. The Morgan fingerprint density at radius 2 is 2.13 bits per heavy atom. The number of ether oxygens (including phenoxy) is 1. The minimum Gasteiger partial charge on any atom is -0.367 e. The van der Waals surface area contributed by atoms with E-state index in [1.165, 1.54) is 4.31 Å². The fourth-order valence-corrected chi connectivity index (χ4v) is 4.12. The topological polar surface area (TPSA) is 85.5 Å². The van der Waals surface area contributed by atoms with Crippen molar-refractivity contribution in [3.05, 3.63) is 42.0 Å². The molecule has 1 fully saturated rings. The summed E-state index contributed by atoms with van der Waals surface area (Å²) >= 11 is 0. The Bertz CT molecular complexity index is 745. The zero-order valence-electron chi connectivity index (χ0n) is 12.9. The Labute approximate surface area is 135 Å². The van der Waals surface area contributed by atoms with Gasteiger partial charge in [0.1, 0.15) is 6.61 Å². The minimum absolute atomic E-state index is 0.172. The zero-order chi connectivity index (χ0) is 16.3. The van der Waals surface area contributed by atoms with Gasteiger partial charge in [0.2, 0.25) is 10.0 Å². The summed E-state index contributed by atoms with van der Waals surface area (Å²) in [6, 6.07) is 8.47. The van der Waals surface area contributed by atoms with Gasteiger partial charge < -0.3 is 9.26 Å². The summed E-state index contributed by atoms with van der Waals surface area (Å²) in [5.74, 6) is 0.964. The Morgan fingerprint density at radius 3 is 2.83 bits per heavy atom. The molecule has 2 heterocycles. The van der Waals surface area contributed by atoms with Crippen LogP contribution < -0.4 is 0 Å². The van der Waals surface area contributed by atoms with Crippen LogP contribution in [-0.4, -0.2) is 42.1 Å². The van der Waals surface area contributed by atoms with E-state index < -0.39 is 10.0 Å². The quantitative estimate of drug-likeness (QED) is 0.826. The monoisotopic (exact) mass is 337 g/mol. The standard InChI is InChI=1S/C15H19N3O4S/c1-12-16-15(22-17-12)11-21-13-6-5-9-18(10-13)23(19,20)14-7-3-2-4-8-14/h2-4,7-8,13H,5-6,9-11H2,1H3. The number of hydrogen-bond acceptors (Lipinski definition) is 6. The second-order valence-electron chi connectivity index (χ2n) is 5.49. The normalized spacial score (nSPS) is 19.8. The van der Waals surface area contributed by atoms with Crippen molar-refractivity contribution in [1.82, 2.24) is 14.4 Å². The fourth-order valence-electron chi connectivity index (χ4n) is 2.59. The van der Waals surface area contributed by atoms with E-state index in [4.69, 9.17) is 9.26 Å². The molecule has 1 unspecified atom stereocenters. The van der Waals surface area contributed by atoms with Crippen LogP contribution in [0.1, 0.15) is 24.6 Å². The number of rotatable bonds is 5. The van der Waals surface area contributed by atoms with Gasteiger partial charge in [-0.2, -0.15) is 9.29 Å². The lowest BCUT2D eigenvalue weighted by atomic mass is 10.1. The van der Waals surface area contributed by atoms with Crippen molar-refractivity contribution in [3.63, 3.8) is 0 Å². The predicted molar refractivity (Wildman–Crippen MR) is 82.0 cm³/mol. The van der Waals surface area contributed by atoms with E-state index in [0.717, 1.165) is 12.8 Å². The number of nitrogens with zero attached hydrogens (tertiary/aromatic N) is 3. The van der Waals surface area contributed by atoms with Crippen molar-refractivity contribution < 1.29 is 17.7 Å². The van der Waals surface area contributed by atoms with Crippen molar-refractivity contribution in [2.24, 2.45) is 0 Å². The van der Waals surface area contributed by atoms with Crippen LogP contribution in [0.15, 0.2) is 39.8 Å². The van der Waals surface area contributed by atoms with Gasteiger partial charge in [-0.25, -0.2) is 8.42 Å². The van der Waals surface area contributed by atoms with Crippen molar-refractivity contribution in [3.8, 4) is 0 Å². The lowest BCUT2D eigenvalue weighted by molar-refractivity contribution is -0.00296. The second-order valence-corrected chi connectivity index (χ2v) is 7.42. The zero-order valence-corrected chi connectivity index (χ0v) is 13.7. The highest BCUT2D eigenvalue weighted by Crippen LogP contribution is 2.22. The van der Waals surface area contributed by atoms with Gasteiger partial charge in [-0.3, -0.25) is 0 Å². The summed E-state index contributed by atoms with van der Waals surface area (Å²) in [5.41, 5.74) is 0. The lowest BCUT2D eigenvalue weighted by Crippen LogP contribution is -2.43. The van der Waals surface area contributed by atoms with E-state index in [1.54, 1.807) is 37.3 Å². The Kier molecular flexibility index (Phi) is 4.74. The Balaban J connectivity index is 1.64. The average molecular weight is 337 g/mol. The summed E-state index contributed by atoms with van der Waals surface area (Å²) in [5, 5.41) is 3.70. The summed E-state index contributed by atoms with van der Waals surface area (Å²) in [6.45, 7) is 2.79. The van der Waals surface area contributed by atoms with Gasteiger partial charge in [-0.15, -0.1) is 0 Å². The summed E-state index contributed by atoms with van der Waals surface area (Å²) < 4.78 is 37.5. The number of aryl methyl sites for hydroxylation is 1. The van der Waals surface area contributed by atoms with Crippen LogP contribution in [0.5, 0.6) is 0 Å². The number of benzene rings is 1. The van der Waals surface area contributed by atoms with Gasteiger partial charge in [0.05, 0.1) is 11.0 Å². The van der Waals surface area contributed by atoms with E-state index in [2.05, 4.69) is 10.1 Å². The number of hydrogen-bond donors (Lipinski definition) is 0. The number of aromatic nitrogens is 2. The maximum atomic E-state index is 12.6. The highest BCUT2D eigenvalue weighted by molar-refractivity contribution is 7.89. The van der Waals surface area contributed by atoms with E-state index in [-0.39, 0.29) is 12.7 Å². The third-order valence-electron chi connectivity index (χ3n) is 3.73. The molecule has 1 saturated heterocycles. The minimum atomic E-state index is -3.47. The van der Waals surface area contributed by atoms with E-state index >= 15 is 0 Å². The van der Waals surface area contributed by atoms with Crippen molar-refractivity contribution >= 4 is 10.0 Å². The number of piperidine rings is 1. The molecule has 0 saturated carbocycles. The molecule has 3 rings (SSSR count). The molecule has 1 aliphatic rings. The van der Waals surface area contributed by atoms with Gasteiger partial charge in [-0.05, 0) is 31.9 Å². The first kappa shape index (κ1) is 16.1. The van der Waals surface area contributed by atoms with Crippen molar-refractivity contribution in [2.75, 3.05) is 13.1 Å². The van der Waals surface area contributed by atoms with E-state index in [0.29, 0.717) is 29.7 Å². The first-order valence-corrected chi connectivity index (χ1v) is 8.96. The van der Waals surface area contributed by atoms with Crippen LogP contribution in [0.4, 0.5) is 0 Å². The molecule has 0 amide bonds. The first-order valence-electron chi connectivity index (χ1n) is 7.52. The SMILES string of the molecule is Cc1noc(COC2CCCN(S(=O)(=O)c3ccccc3)C2)n1. The van der Waals surface area contributed by atoms with Crippen LogP contribution in [-0.2, 0) is 21.4 Å². The van der Waals surface area contributed by atoms with Gasteiger partial charge in [0.15, 0.2) is 5.82 Å². The largest absolute Gasteiger partial charge is 0.367 e. The molecule has 0 bridgehead atoms. The van der Waals surface area contributed by atoms with Gasteiger partial charge in [0.25, 0.3) is 5.89 Å². The van der Waals surface area contributed by atoms with Crippen LogP contribution in [0.2, 0.25) is 0 Å². The van der Waals surface area contributed by atoms with Crippen molar-refractivity contribution in [2.45, 2.75) is 37.4 Å². The van der Waals surface area contributed by atoms with Crippen LogP contribution in [0, 0.1) is 6.92 Å². The molecule has 124 valence electrons. The molecule has 7 nitrogen and oxygen atoms in total. The molecule has 1 aliphatic heterocycles. The van der Waals surface area contributed by atoms with Gasteiger partial charge >= 0.3 is 0 Å². The Hall–Kier alpha value is -1.77. The molecule has 1 atom stereocenters. The molecule has 23 heavy (non-hydrogen) atoms. The molecule has 0 radical (unpaired) electrons. The number of sulfonamides is 1. The highest BCUT2D eigenvalue weighted by Gasteiger charge is 2.30. The summed E-state index contributed by atoms with van der Waals surface area (Å²) in [4.78, 5) is 4.39. The third-order valence-corrected chi connectivity index (χ3v) is 5.61. The molecular weight excluding hydrogens is 318 g/mol. The maximum Gasteiger partial charge on any atom is 0.252 e. The van der Waals surface area contributed by atoms with Crippen LogP contribution in [0.25, 0.3) is 0 Å². The van der Waals surface area contributed by atoms with Crippen molar-refractivity contribution in [1.29, 1.82) is 0 Å². The molecule has 1 aromatic heterocycles. The average Bonchev–Trinajstić information content (AvgIpc) is 2.99. The molecular formula is C15H19N3O4S. The molecule has 2 aromatic rings.